The van der Waals surface area contributed by atoms with Crippen LogP contribution in [0, 0.1) is 9.49 Å². The van der Waals surface area contributed by atoms with Crippen molar-refractivity contribution in [2.45, 2.75) is 38.7 Å². The van der Waals surface area contributed by atoms with Gasteiger partial charge >= 0.3 is 5.97 Å². The molecule has 1 aliphatic carbocycles. The van der Waals surface area contributed by atoms with Gasteiger partial charge in [-0.1, -0.05) is 6.92 Å². The van der Waals surface area contributed by atoms with E-state index in [0.717, 1.165) is 35.2 Å². The van der Waals surface area contributed by atoms with Crippen LogP contribution < -0.4 is 5.73 Å². The first kappa shape index (κ1) is 13.6. The lowest BCUT2D eigenvalue weighted by Crippen LogP contribution is -2.24. The second-order valence-corrected chi connectivity index (χ2v) is 6.26. The Labute approximate surface area is 121 Å². The molecule has 1 aromatic rings. The van der Waals surface area contributed by atoms with Gasteiger partial charge in [-0.05, 0) is 72.4 Å². The van der Waals surface area contributed by atoms with Crippen molar-refractivity contribution in [2.24, 2.45) is 5.92 Å². The van der Waals surface area contributed by atoms with E-state index in [1.807, 2.05) is 6.07 Å². The molecule has 0 radical (unpaired) electrons. The van der Waals surface area contributed by atoms with Crippen molar-refractivity contribution >= 4 is 34.2 Å². The van der Waals surface area contributed by atoms with Gasteiger partial charge in [-0.25, -0.2) is 4.79 Å². The van der Waals surface area contributed by atoms with Crippen LogP contribution in [-0.2, 0) is 4.74 Å². The van der Waals surface area contributed by atoms with Crippen LogP contribution in [0.2, 0.25) is 0 Å². The van der Waals surface area contributed by atoms with Gasteiger partial charge in [-0.15, -0.1) is 0 Å². The highest BCUT2D eigenvalue weighted by molar-refractivity contribution is 14.1. The average molecular weight is 359 g/mol. The molecular formula is C14H18INO2. The van der Waals surface area contributed by atoms with Crippen molar-refractivity contribution in [2.75, 3.05) is 5.73 Å². The normalized spacial score (nSPS) is 23.7. The highest BCUT2D eigenvalue weighted by atomic mass is 127. The fourth-order valence-electron chi connectivity index (χ4n) is 2.27. The van der Waals surface area contributed by atoms with E-state index < -0.39 is 0 Å². The van der Waals surface area contributed by atoms with Crippen LogP contribution in [0.1, 0.15) is 43.0 Å². The molecule has 1 saturated carbocycles. The number of esters is 1. The standard InChI is InChI=1S/C14H18INO2/c1-9-2-5-11(6-3-9)18-14(17)12-8-10(15)4-7-13(12)16/h4,7-9,11H,2-3,5-6,16H2,1H3. The van der Waals surface area contributed by atoms with E-state index in [1.165, 1.54) is 0 Å². The smallest absolute Gasteiger partial charge is 0.340 e. The maximum Gasteiger partial charge on any atom is 0.340 e. The Hall–Kier alpha value is -0.780. The quantitative estimate of drug-likeness (QED) is 0.499. The first-order valence-corrected chi connectivity index (χ1v) is 7.40. The van der Waals surface area contributed by atoms with Crippen LogP contribution in [0.5, 0.6) is 0 Å². The Morgan fingerprint density at radius 3 is 2.67 bits per heavy atom. The minimum atomic E-state index is -0.287. The molecule has 1 fully saturated rings. The van der Waals surface area contributed by atoms with E-state index in [4.69, 9.17) is 10.5 Å². The first-order chi connectivity index (χ1) is 8.56. The van der Waals surface area contributed by atoms with Crippen LogP contribution in [0.3, 0.4) is 0 Å². The summed E-state index contributed by atoms with van der Waals surface area (Å²) in [5, 5.41) is 0. The topological polar surface area (TPSA) is 52.3 Å². The summed E-state index contributed by atoms with van der Waals surface area (Å²) >= 11 is 2.17. The molecular weight excluding hydrogens is 341 g/mol. The fourth-order valence-corrected chi connectivity index (χ4v) is 2.76. The molecule has 98 valence electrons. The number of hydrogen-bond acceptors (Lipinski definition) is 3. The van der Waals surface area contributed by atoms with Crippen LogP contribution in [-0.4, -0.2) is 12.1 Å². The van der Waals surface area contributed by atoms with Gasteiger partial charge < -0.3 is 10.5 Å². The zero-order chi connectivity index (χ0) is 13.1. The summed E-state index contributed by atoms with van der Waals surface area (Å²) in [6.45, 7) is 2.25. The summed E-state index contributed by atoms with van der Waals surface area (Å²) < 4.78 is 6.53. The van der Waals surface area contributed by atoms with Crippen molar-refractivity contribution in [1.82, 2.24) is 0 Å². The van der Waals surface area contributed by atoms with Gasteiger partial charge in [-0.2, -0.15) is 0 Å². The molecule has 2 rings (SSSR count). The van der Waals surface area contributed by atoms with Gasteiger partial charge in [0.25, 0.3) is 0 Å². The van der Waals surface area contributed by atoms with E-state index in [1.54, 1.807) is 12.1 Å². The highest BCUT2D eigenvalue weighted by Crippen LogP contribution is 2.27. The maximum atomic E-state index is 12.1. The number of nitrogens with two attached hydrogens (primary N) is 1. The highest BCUT2D eigenvalue weighted by Gasteiger charge is 2.23. The third-order valence-corrected chi connectivity index (χ3v) is 4.14. The van der Waals surface area contributed by atoms with Gasteiger partial charge in [0.15, 0.2) is 0 Å². The van der Waals surface area contributed by atoms with E-state index in [2.05, 4.69) is 29.5 Å². The van der Waals surface area contributed by atoms with Crippen LogP contribution in [0.25, 0.3) is 0 Å². The summed E-state index contributed by atoms with van der Waals surface area (Å²) in [4.78, 5) is 12.1. The molecule has 0 bridgehead atoms. The average Bonchev–Trinajstić information content (AvgIpc) is 2.35. The number of carbonyl (C=O) groups excluding carboxylic acids is 1. The van der Waals surface area contributed by atoms with Gasteiger partial charge in [-0.3, -0.25) is 0 Å². The SMILES string of the molecule is CC1CCC(OC(=O)c2cc(I)ccc2N)CC1. The first-order valence-electron chi connectivity index (χ1n) is 6.32. The molecule has 0 aliphatic heterocycles. The van der Waals surface area contributed by atoms with E-state index >= 15 is 0 Å². The third kappa shape index (κ3) is 3.37. The molecule has 0 unspecified atom stereocenters. The summed E-state index contributed by atoms with van der Waals surface area (Å²) in [7, 11) is 0. The Bertz CT molecular complexity index is 439. The number of nitrogen functional groups attached to an aromatic ring is 1. The van der Waals surface area contributed by atoms with Gasteiger partial charge in [0.05, 0.1) is 5.56 Å². The van der Waals surface area contributed by atoms with Crippen LogP contribution in [0.4, 0.5) is 5.69 Å². The van der Waals surface area contributed by atoms with Crippen LogP contribution >= 0.6 is 22.6 Å². The monoisotopic (exact) mass is 359 g/mol. The minimum Gasteiger partial charge on any atom is -0.459 e. The number of rotatable bonds is 2. The molecule has 1 aliphatic rings. The van der Waals surface area contributed by atoms with E-state index in [9.17, 15) is 4.79 Å². The number of halogens is 1. The Balaban J connectivity index is 2.01. The number of carbonyl (C=O) groups is 1. The molecule has 0 heterocycles. The van der Waals surface area contributed by atoms with Crippen molar-refractivity contribution < 1.29 is 9.53 Å². The van der Waals surface area contributed by atoms with Crippen molar-refractivity contribution in [3.05, 3.63) is 27.3 Å². The molecule has 3 nitrogen and oxygen atoms in total. The number of hydrogen-bond donors (Lipinski definition) is 1. The lowest BCUT2D eigenvalue weighted by molar-refractivity contribution is 0.0175. The molecule has 0 amide bonds. The summed E-state index contributed by atoms with van der Waals surface area (Å²) in [5.74, 6) is 0.466. The number of ether oxygens (including phenoxy) is 1. The maximum absolute atomic E-state index is 12.1. The molecule has 0 saturated heterocycles. The fraction of sp³-hybridized carbons (Fsp3) is 0.500. The lowest BCUT2D eigenvalue weighted by atomic mass is 9.89. The molecule has 2 N–H and O–H groups in total. The predicted molar refractivity (Wildman–Crippen MR) is 80.4 cm³/mol. The number of anilines is 1. The molecule has 0 atom stereocenters. The molecule has 1 aromatic carbocycles. The van der Waals surface area contributed by atoms with Crippen molar-refractivity contribution in [3.63, 3.8) is 0 Å². The molecule has 0 spiro atoms. The Morgan fingerprint density at radius 1 is 1.33 bits per heavy atom. The molecule has 4 heteroatoms. The molecule has 18 heavy (non-hydrogen) atoms. The summed E-state index contributed by atoms with van der Waals surface area (Å²) in [6.07, 6.45) is 4.28. The second kappa shape index (κ2) is 5.91. The zero-order valence-electron chi connectivity index (χ0n) is 10.5. The third-order valence-electron chi connectivity index (χ3n) is 3.47. The lowest BCUT2D eigenvalue weighted by Gasteiger charge is -2.26. The Morgan fingerprint density at radius 2 is 2.00 bits per heavy atom. The minimum absolute atomic E-state index is 0.0611. The largest absolute Gasteiger partial charge is 0.459 e. The van der Waals surface area contributed by atoms with Gasteiger partial charge in [0.1, 0.15) is 6.10 Å². The van der Waals surface area contributed by atoms with Gasteiger partial charge in [0.2, 0.25) is 0 Å². The Kier molecular flexibility index (Phi) is 4.48. The summed E-state index contributed by atoms with van der Waals surface area (Å²) in [5.41, 5.74) is 6.79. The second-order valence-electron chi connectivity index (χ2n) is 5.02. The van der Waals surface area contributed by atoms with Crippen molar-refractivity contribution in [1.29, 1.82) is 0 Å². The van der Waals surface area contributed by atoms with Crippen molar-refractivity contribution in [3.8, 4) is 0 Å². The van der Waals surface area contributed by atoms with E-state index in [-0.39, 0.29) is 12.1 Å². The number of benzene rings is 1. The summed E-state index contributed by atoms with van der Waals surface area (Å²) in [6, 6.07) is 5.42. The molecule has 0 aromatic heterocycles. The van der Waals surface area contributed by atoms with Crippen LogP contribution in [0.15, 0.2) is 18.2 Å². The zero-order valence-corrected chi connectivity index (χ0v) is 12.6. The van der Waals surface area contributed by atoms with Gasteiger partial charge in [0, 0.05) is 9.26 Å². The predicted octanol–water partition coefficient (Wildman–Crippen LogP) is 3.61. The van der Waals surface area contributed by atoms with E-state index in [0.29, 0.717) is 11.3 Å².